The van der Waals surface area contributed by atoms with E-state index in [4.69, 9.17) is 25.7 Å². The summed E-state index contributed by atoms with van der Waals surface area (Å²) in [5.74, 6) is 9.86. The van der Waals surface area contributed by atoms with E-state index in [1.54, 1.807) is 12.1 Å². The SMILES string of the molecule is C#Cc1cc(C#C)c(C#C)cc1C#C. The monoisotopic (exact) mass is 174 g/mol. The van der Waals surface area contributed by atoms with Crippen LogP contribution in [0.1, 0.15) is 22.3 Å². The molecule has 0 N–H and O–H groups in total. The lowest BCUT2D eigenvalue weighted by Crippen LogP contribution is -1.90. The van der Waals surface area contributed by atoms with Crippen LogP contribution in [0.2, 0.25) is 0 Å². The Hall–Kier alpha value is -2.54. The van der Waals surface area contributed by atoms with Crippen LogP contribution in [0.3, 0.4) is 0 Å². The summed E-state index contributed by atoms with van der Waals surface area (Å²) in [6.45, 7) is 0. The third-order valence-corrected chi connectivity index (χ3v) is 1.78. The number of rotatable bonds is 0. The molecular formula is C14H6. The Bertz CT molecular complexity index is 433. The first-order chi connectivity index (χ1) is 6.76. The largest absolute Gasteiger partial charge is 0.115 e. The van der Waals surface area contributed by atoms with Crippen LogP contribution >= 0.6 is 0 Å². The number of hydrogen-bond acceptors (Lipinski definition) is 0. The molecule has 1 aromatic rings. The number of terminal acetylenes is 4. The van der Waals surface area contributed by atoms with Crippen LogP contribution in [-0.2, 0) is 0 Å². The summed E-state index contributed by atoms with van der Waals surface area (Å²) in [7, 11) is 0. The Morgan fingerprint density at radius 1 is 0.571 bits per heavy atom. The van der Waals surface area contributed by atoms with Gasteiger partial charge in [0.1, 0.15) is 0 Å². The minimum absolute atomic E-state index is 0.597. The predicted octanol–water partition coefficient (Wildman–Crippen LogP) is 1.61. The van der Waals surface area contributed by atoms with E-state index in [2.05, 4.69) is 23.7 Å². The molecule has 1 rings (SSSR count). The summed E-state index contributed by atoms with van der Waals surface area (Å²) in [6.07, 6.45) is 21.1. The molecule has 0 aromatic heterocycles. The van der Waals surface area contributed by atoms with Gasteiger partial charge in [-0.2, -0.15) is 0 Å². The minimum Gasteiger partial charge on any atom is -0.115 e. The molecule has 62 valence electrons. The first-order valence-electron chi connectivity index (χ1n) is 3.81. The highest BCUT2D eigenvalue weighted by Crippen LogP contribution is 2.14. The molecule has 0 spiro atoms. The van der Waals surface area contributed by atoms with Gasteiger partial charge in [-0.1, -0.05) is 23.7 Å². The Morgan fingerprint density at radius 3 is 0.929 bits per heavy atom. The molecule has 0 fully saturated rings. The molecule has 0 atom stereocenters. The average Bonchev–Trinajstić information content (AvgIpc) is 2.26. The number of hydrogen-bond donors (Lipinski definition) is 0. The first-order valence-corrected chi connectivity index (χ1v) is 3.81. The van der Waals surface area contributed by atoms with E-state index in [0.717, 1.165) is 0 Å². The molecule has 0 unspecified atom stereocenters. The highest BCUT2D eigenvalue weighted by molar-refractivity contribution is 5.60. The third-order valence-electron chi connectivity index (χ3n) is 1.78. The van der Waals surface area contributed by atoms with Gasteiger partial charge in [0.25, 0.3) is 0 Å². The molecule has 0 aliphatic heterocycles. The third kappa shape index (κ3) is 1.47. The van der Waals surface area contributed by atoms with E-state index < -0.39 is 0 Å². The van der Waals surface area contributed by atoms with Crippen LogP contribution in [0.5, 0.6) is 0 Å². The van der Waals surface area contributed by atoms with E-state index in [0.29, 0.717) is 22.3 Å². The van der Waals surface area contributed by atoms with Crippen LogP contribution in [0, 0.1) is 49.4 Å². The summed E-state index contributed by atoms with van der Waals surface area (Å²) >= 11 is 0. The molecule has 14 heavy (non-hydrogen) atoms. The lowest BCUT2D eigenvalue weighted by atomic mass is 10.00. The van der Waals surface area contributed by atoms with Crippen molar-refractivity contribution in [2.75, 3.05) is 0 Å². The van der Waals surface area contributed by atoms with E-state index in [9.17, 15) is 0 Å². The van der Waals surface area contributed by atoms with Gasteiger partial charge in [-0.05, 0) is 12.1 Å². The van der Waals surface area contributed by atoms with Crippen molar-refractivity contribution in [3.63, 3.8) is 0 Å². The van der Waals surface area contributed by atoms with Crippen LogP contribution in [0.15, 0.2) is 12.1 Å². The quantitative estimate of drug-likeness (QED) is 0.524. The summed E-state index contributed by atoms with van der Waals surface area (Å²) in [6, 6.07) is 3.31. The number of benzene rings is 1. The summed E-state index contributed by atoms with van der Waals surface area (Å²) in [5, 5.41) is 0. The van der Waals surface area contributed by atoms with E-state index >= 15 is 0 Å². The van der Waals surface area contributed by atoms with Crippen molar-refractivity contribution in [2.24, 2.45) is 0 Å². The molecule has 0 nitrogen and oxygen atoms in total. The van der Waals surface area contributed by atoms with Crippen LogP contribution in [-0.4, -0.2) is 0 Å². The second-order valence-corrected chi connectivity index (χ2v) is 2.52. The lowest BCUT2D eigenvalue weighted by Gasteiger charge is -2.01. The maximum atomic E-state index is 5.28. The zero-order valence-electron chi connectivity index (χ0n) is 7.46. The van der Waals surface area contributed by atoms with Gasteiger partial charge in [0, 0.05) is 22.3 Å². The highest BCUT2D eigenvalue weighted by atomic mass is 14.0. The molecule has 0 heterocycles. The topological polar surface area (TPSA) is 0 Å². The van der Waals surface area contributed by atoms with Gasteiger partial charge >= 0.3 is 0 Å². The van der Waals surface area contributed by atoms with E-state index in [1.165, 1.54) is 0 Å². The highest BCUT2D eigenvalue weighted by Gasteiger charge is 2.03. The molecule has 0 aliphatic carbocycles. The average molecular weight is 174 g/mol. The van der Waals surface area contributed by atoms with Gasteiger partial charge in [-0.3, -0.25) is 0 Å². The maximum absolute atomic E-state index is 5.28. The smallest absolute Gasteiger partial charge is 0.0412 e. The van der Waals surface area contributed by atoms with Crippen molar-refractivity contribution in [3.8, 4) is 49.4 Å². The van der Waals surface area contributed by atoms with Crippen molar-refractivity contribution >= 4 is 0 Å². The van der Waals surface area contributed by atoms with Gasteiger partial charge in [0.05, 0.1) is 0 Å². The zero-order chi connectivity index (χ0) is 10.6. The zero-order valence-corrected chi connectivity index (χ0v) is 7.46. The first kappa shape index (κ1) is 9.55. The molecule has 0 saturated carbocycles. The van der Waals surface area contributed by atoms with Gasteiger partial charge in [-0.15, -0.1) is 25.7 Å². The molecule has 0 bridgehead atoms. The summed E-state index contributed by atoms with van der Waals surface area (Å²) < 4.78 is 0. The Kier molecular flexibility index (Phi) is 2.67. The fraction of sp³-hybridized carbons (Fsp3) is 0. The standard InChI is InChI=1S/C14H6/c1-5-11-9-13(7-3)14(8-4)10-12(11)6-2/h1-4,9-10H. The molecule has 0 radical (unpaired) electrons. The lowest BCUT2D eigenvalue weighted by molar-refractivity contribution is 1.52. The fourth-order valence-corrected chi connectivity index (χ4v) is 1.08. The predicted molar refractivity (Wildman–Crippen MR) is 58.2 cm³/mol. The second-order valence-electron chi connectivity index (χ2n) is 2.52. The Balaban J connectivity index is 3.60. The Morgan fingerprint density at radius 2 is 0.786 bits per heavy atom. The van der Waals surface area contributed by atoms with Crippen LogP contribution in [0.25, 0.3) is 0 Å². The molecule has 0 amide bonds. The minimum atomic E-state index is 0.597. The molecule has 0 heteroatoms. The van der Waals surface area contributed by atoms with Gasteiger partial charge in [0.15, 0.2) is 0 Å². The Labute approximate surface area is 84.3 Å². The summed E-state index contributed by atoms with van der Waals surface area (Å²) in [4.78, 5) is 0. The van der Waals surface area contributed by atoms with Gasteiger partial charge in [0.2, 0.25) is 0 Å². The van der Waals surface area contributed by atoms with Gasteiger partial charge < -0.3 is 0 Å². The normalized spacial score (nSPS) is 7.71. The molecule has 0 aliphatic rings. The van der Waals surface area contributed by atoms with Crippen molar-refractivity contribution in [1.29, 1.82) is 0 Å². The van der Waals surface area contributed by atoms with Crippen molar-refractivity contribution in [2.45, 2.75) is 0 Å². The van der Waals surface area contributed by atoms with Crippen LogP contribution < -0.4 is 0 Å². The fourth-order valence-electron chi connectivity index (χ4n) is 1.08. The molecule has 0 saturated heterocycles. The van der Waals surface area contributed by atoms with E-state index in [-0.39, 0.29) is 0 Å². The molecular weight excluding hydrogens is 168 g/mol. The van der Waals surface area contributed by atoms with Gasteiger partial charge in [-0.25, -0.2) is 0 Å². The molecule has 1 aromatic carbocycles. The van der Waals surface area contributed by atoms with Crippen molar-refractivity contribution in [3.05, 3.63) is 34.4 Å². The maximum Gasteiger partial charge on any atom is 0.0412 e. The van der Waals surface area contributed by atoms with Crippen molar-refractivity contribution < 1.29 is 0 Å². The summed E-state index contributed by atoms with van der Waals surface area (Å²) in [5.41, 5.74) is 2.39. The second kappa shape index (κ2) is 3.92. The van der Waals surface area contributed by atoms with Crippen LogP contribution in [0.4, 0.5) is 0 Å². The van der Waals surface area contributed by atoms with Crippen molar-refractivity contribution in [1.82, 2.24) is 0 Å². The van der Waals surface area contributed by atoms with E-state index in [1.807, 2.05) is 0 Å².